The Labute approximate surface area is 178 Å². The molecule has 2 aromatic carbocycles. The summed E-state index contributed by atoms with van der Waals surface area (Å²) >= 11 is 5.00. The van der Waals surface area contributed by atoms with E-state index in [-0.39, 0.29) is 12.5 Å². The summed E-state index contributed by atoms with van der Waals surface area (Å²) in [6, 6.07) is 16.5. The second kappa shape index (κ2) is 10.4. The molecule has 0 radical (unpaired) electrons. The molecule has 0 bridgehead atoms. The Hall–Kier alpha value is -2.18. The van der Waals surface area contributed by atoms with E-state index in [1.165, 1.54) is 35.3 Å². The lowest BCUT2D eigenvalue weighted by Gasteiger charge is -2.07. The molecule has 4 nitrogen and oxygen atoms in total. The molecule has 0 aliphatic carbocycles. The van der Waals surface area contributed by atoms with Crippen LogP contribution >= 0.6 is 27.3 Å². The van der Waals surface area contributed by atoms with Crippen LogP contribution in [-0.4, -0.2) is 17.4 Å². The van der Waals surface area contributed by atoms with Crippen molar-refractivity contribution < 1.29 is 4.79 Å². The Bertz CT molecular complexity index is 908. The molecule has 3 rings (SSSR count). The monoisotopic (exact) mass is 457 g/mol. The molecule has 0 aliphatic heterocycles. The summed E-state index contributed by atoms with van der Waals surface area (Å²) < 4.78 is 1.06. The molecule has 0 atom stereocenters. The van der Waals surface area contributed by atoms with Gasteiger partial charge in [0.1, 0.15) is 0 Å². The van der Waals surface area contributed by atoms with Crippen molar-refractivity contribution in [2.45, 2.75) is 32.6 Å². The highest BCUT2D eigenvalue weighted by atomic mass is 79.9. The molecule has 2 N–H and O–H groups in total. The average molecular weight is 458 g/mol. The van der Waals surface area contributed by atoms with Crippen LogP contribution in [0.25, 0.3) is 0 Å². The molecule has 1 heterocycles. The summed E-state index contributed by atoms with van der Waals surface area (Å²) in [5.41, 5.74) is 3.49. The molecule has 6 heteroatoms. The maximum Gasteiger partial charge on any atom is 0.245 e. The summed E-state index contributed by atoms with van der Waals surface area (Å²) in [5.74, 6) is -0.0987. The van der Waals surface area contributed by atoms with Crippen molar-refractivity contribution in [2.24, 2.45) is 0 Å². The molecule has 0 saturated heterocycles. The lowest BCUT2D eigenvalue weighted by molar-refractivity contribution is -0.114. The Morgan fingerprint density at radius 2 is 1.96 bits per heavy atom. The minimum Gasteiger partial charge on any atom is -0.376 e. The smallest absolute Gasteiger partial charge is 0.245 e. The number of thiazole rings is 1. The zero-order valence-corrected chi connectivity index (χ0v) is 18.3. The first-order valence-corrected chi connectivity index (χ1v) is 11.0. The Morgan fingerprint density at radius 1 is 1.14 bits per heavy atom. The van der Waals surface area contributed by atoms with Crippen molar-refractivity contribution in [3.63, 3.8) is 0 Å². The highest BCUT2D eigenvalue weighted by Crippen LogP contribution is 2.22. The number of hydrogen-bond acceptors (Lipinski definition) is 4. The highest BCUT2D eigenvalue weighted by Gasteiger charge is 2.08. The fourth-order valence-electron chi connectivity index (χ4n) is 2.81. The van der Waals surface area contributed by atoms with Crippen molar-refractivity contribution in [3.8, 4) is 0 Å². The molecule has 3 aromatic rings. The van der Waals surface area contributed by atoms with Crippen molar-refractivity contribution in [1.82, 2.24) is 4.98 Å². The van der Waals surface area contributed by atoms with E-state index in [1.54, 1.807) is 0 Å². The number of unbranched alkanes of at least 4 members (excludes halogenated alkanes) is 1. The number of benzene rings is 2. The number of carbonyl (C=O) groups excluding carboxylic acids is 1. The van der Waals surface area contributed by atoms with Crippen LogP contribution in [0.4, 0.5) is 10.8 Å². The topological polar surface area (TPSA) is 54.0 Å². The number of amides is 1. The van der Waals surface area contributed by atoms with Gasteiger partial charge < -0.3 is 10.6 Å². The molecule has 0 unspecified atom stereocenters. The summed E-state index contributed by atoms with van der Waals surface area (Å²) in [5, 5.41) is 6.66. The standard InChI is InChI=1S/C22H24BrN3OS/c1-2-3-5-16-8-10-19(11-9-16)24-15-21(27)26-22-25-14-20(28-22)13-17-6-4-7-18(23)12-17/h4,6-12,14,24H,2-3,5,13,15H2,1H3,(H,25,26,27). The number of aromatic nitrogens is 1. The van der Waals surface area contributed by atoms with E-state index < -0.39 is 0 Å². The summed E-state index contributed by atoms with van der Waals surface area (Å²) in [7, 11) is 0. The molecule has 0 fully saturated rings. The quantitative estimate of drug-likeness (QED) is 0.421. The van der Waals surface area contributed by atoms with Crippen LogP contribution in [0.1, 0.15) is 35.8 Å². The zero-order chi connectivity index (χ0) is 19.8. The van der Waals surface area contributed by atoms with Gasteiger partial charge in [0.2, 0.25) is 5.91 Å². The molecule has 146 valence electrons. The van der Waals surface area contributed by atoms with Gasteiger partial charge in [-0.3, -0.25) is 4.79 Å². The van der Waals surface area contributed by atoms with Crippen LogP contribution < -0.4 is 10.6 Å². The predicted molar refractivity (Wildman–Crippen MR) is 121 cm³/mol. The van der Waals surface area contributed by atoms with Crippen LogP contribution in [0.15, 0.2) is 59.2 Å². The van der Waals surface area contributed by atoms with Gasteiger partial charge in [-0.15, -0.1) is 11.3 Å². The van der Waals surface area contributed by atoms with Crippen LogP contribution in [0.2, 0.25) is 0 Å². The molecular weight excluding hydrogens is 434 g/mol. The van der Waals surface area contributed by atoms with E-state index in [0.717, 1.165) is 27.9 Å². The molecular formula is C22H24BrN3OS. The first kappa shape index (κ1) is 20.6. The number of hydrogen-bond donors (Lipinski definition) is 2. The molecule has 1 aromatic heterocycles. The van der Waals surface area contributed by atoms with E-state index in [2.05, 4.69) is 62.7 Å². The van der Waals surface area contributed by atoms with Crippen LogP contribution in [-0.2, 0) is 17.6 Å². The second-order valence-electron chi connectivity index (χ2n) is 6.64. The van der Waals surface area contributed by atoms with E-state index in [4.69, 9.17) is 0 Å². The van der Waals surface area contributed by atoms with Gasteiger partial charge in [-0.25, -0.2) is 4.98 Å². The third-order valence-electron chi connectivity index (χ3n) is 4.29. The van der Waals surface area contributed by atoms with Crippen LogP contribution in [0, 0.1) is 0 Å². The van der Waals surface area contributed by atoms with Gasteiger partial charge in [-0.2, -0.15) is 0 Å². The van der Waals surface area contributed by atoms with Gasteiger partial charge in [0.15, 0.2) is 5.13 Å². The number of rotatable bonds is 9. The normalized spacial score (nSPS) is 10.6. The van der Waals surface area contributed by atoms with E-state index in [0.29, 0.717) is 5.13 Å². The second-order valence-corrected chi connectivity index (χ2v) is 8.67. The van der Waals surface area contributed by atoms with E-state index in [9.17, 15) is 4.79 Å². The fourth-order valence-corrected chi connectivity index (χ4v) is 4.12. The highest BCUT2D eigenvalue weighted by molar-refractivity contribution is 9.10. The van der Waals surface area contributed by atoms with Crippen LogP contribution in [0.5, 0.6) is 0 Å². The Kier molecular flexibility index (Phi) is 7.62. The maximum atomic E-state index is 12.2. The third-order valence-corrected chi connectivity index (χ3v) is 5.70. The number of nitrogens with zero attached hydrogens (tertiary/aromatic N) is 1. The SMILES string of the molecule is CCCCc1ccc(NCC(=O)Nc2ncc(Cc3cccc(Br)c3)s2)cc1. The van der Waals surface area contributed by atoms with Gasteiger partial charge in [0, 0.05) is 27.7 Å². The third kappa shape index (κ3) is 6.46. The fraction of sp³-hybridized carbons (Fsp3) is 0.273. The first-order valence-electron chi connectivity index (χ1n) is 9.44. The minimum atomic E-state index is -0.0987. The predicted octanol–water partition coefficient (Wildman–Crippen LogP) is 5.89. The number of aryl methyl sites for hydroxylation is 1. The van der Waals surface area contributed by atoms with Gasteiger partial charge >= 0.3 is 0 Å². The van der Waals surface area contributed by atoms with Crippen molar-refractivity contribution in [1.29, 1.82) is 0 Å². The van der Waals surface area contributed by atoms with E-state index in [1.807, 2.05) is 30.5 Å². The van der Waals surface area contributed by atoms with E-state index >= 15 is 0 Å². The minimum absolute atomic E-state index is 0.0987. The summed E-state index contributed by atoms with van der Waals surface area (Å²) in [4.78, 5) is 17.6. The summed E-state index contributed by atoms with van der Waals surface area (Å²) in [6.07, 6.45) is 6.12. The largest absolute Gasteiger partial charge is 0.376 e. The Balaban J connectivity index is 1.46. The molecule has 28 heavy (non-hydrogen) atoms. The molecule has 0 saturated carbocycles. The molecule has 0 aliphatic rings. The molecule has 0 spiro atoms. The lowest BCUT2D eigenvalue weighted by Crippen LogP contribution is -2.21. The number of anilines is 2. The number of carbonyl (C=O) groups is 1. The molecule has 1 amide bonds. The van der Waals surface area contributed by atoms with Crippen molar-refractivity contribution in [2.75, 3.05) is 17.2 Å². The van der Waals surface area contributed by atoms with Crippen molar-refractivity contribution in [3.05, 3.63) is 75.2 Å². The zero-order valence-electron chi connectivity index (χ0n) is 15.9. The van der Waals surface area contributed by atoms with Crippen LogP contribution in [0.3, 0.4) is 0 Å². The lowest BCUT2D eigenvalue weighted by atomic mass is 10.1. The van der Waals surface area contributed by atoms with Crippen molar-refractivity contribution >= 4 is 44.0 Å². The summed E-state index contributed by atoms with van der Waals surface area (Å²) in [6.45, 7) is 2.41. The average Bonchev–Trinajstić information content (AvgIpc) is 3.12. The van der Waals surface area contributed by atoms with Gasteiger partial charge in [-0.05, 0) is 48.2 Å². The first-order chi connectivity index (χ1) is 13.6. The Morgan fingerprint density at radius 3 is 2.71 bits per heavy atom. The number of nitrogens with one attached hydrogen (secondary N) is 2. The maximum absolute atomic E-state index is 12.2. The van der Waals surface area contributed by atoms with Gasteiger partial charge in [0.05, 0.1) is 6.54 Å². The van der Waals surface area contributed by atoms with Gasteiger partial charge in [-0.1, -0.05) is 53.5 Å². The number of halogens is 1. The van der Waals surface area contributed by atoms with Gasteiger partial charge in [0.25, 0.3) is 0 Å².